The molecule has 0 aliphatic carbocycles. The molecule has 1 fully saturated rings. The maximum absolute atomic E-state index is 12.3. The number of para-hydroxylation sites is 1. The van der Waals surface area contributed by atoms with Gasteiger partial charge in [0.15, 0.2) is 5.11 Å². The molecule has 1 heterocycles. The van der Waals surface area contributed by atoms with Crippen LogP contribution in [0.3, 0.4) is 0 Å². The van der Waals surface area contributed by atoms with Crippen LogP contribution in [0.5, 0.6) is 0 Å². The van der Waals surface area contributed by atoms with Crippen molar-refractivity contribution in [1.82, 2.24) is 5.43 Å². The lowest BCUT2D eigenvalue weighted by Crippen LogP contribution is -2.33. The Kier molecular flexibility index (Phi) is 5.83. The van der Waals surface area contributed by atoms with Gasteiger partial charge in [-0.3, -0.25) is 10.4 Å². The van der Waals surface area contributed by atoms with E-state index in [4.69, 9.17) is 12.2 Å². The van der Waals surface area contributed by atoms with Crippen LogP contribution in [0.25, 0.3) is 0 Å². The first-order valence-corrected chi connectivity index (χ1v) is 8.91. The molecular weight excluding hydrogens is 362 g/mol. The molecule has 0 amide bonds. The Morgan fingerprint density at radius 2 is 1.88 bits per heavy atom. The average Bonchev–Trinajstić information content (AvgIpc) is 3.05. The summed E-state index contributed by atoms with van der Waals surface area (Å²) in [6, 6.07) is 16.6. The van der Waals surface area contributed by atoms with E-state index in [0.717, 1.165) is 24.5 Å². The van der Waals surface area contributed by atoms with E-state index in [9.17, 15) is 8.78 Å². The Balaban J connectivity index is 1.56. The molecule has 8 heteroatoms. The van der Waals surface area contributed by atoms with Gasteiger partial charge in [0.2, 0.25) is 0 Å². The molecule has 0 atom stereocenters. The molecule has 0 radical (unpaired) electrons. The monoisotopic (exact) mass is 378 g/mol. The molecule has 2 aromatic carbocycles. The highest BCUT2D eigenvalue weighted by molar-refractivity contribution is 7.99. The zero-order valence-electron chi connectivity index (χ0n) is 13.2. The van der Waals surface area contributed by atoms with Crippen molar-refractivity contribution in [2.75, 3.05) is 16.9 Å². The molecule has 1 aliphatic rings. The maximum atomic E-state index is 12.3. The van der Waals surface area contributed by atoms with Gasteiger partial charge in [-0.2, -0.15) is 8.78 Å². The van der Waals surface area contributed by atoms with Crippen molar-refractivity contribution in [3.05, 3.63) is 54.6 Å². The maximum Gasteiger partial charge on any atom is 0.288 e. The Hall–Kier alpha value is -2.19. The lowest BCUT2D eigenvalue weighted by molar-refractivity contribution is 0.252. The van der Waals surface area contributed by atoms with Crippen molar-refractivity contribution in [2.24, 2.45) is 4.99 Å². The third-order valence-corrected chi connectivity index (χ3v) is 4.39. The molecule has 1 saturated heterocycles. The van der Waals surface area contributed by atoms with E-state index >= 15 is 0 Å². The predicted octanol–water partition coefficient (Wildman–Crippen LogP) is 4.51. The summed E-state index contributed by atoms with van der Waals surface area (Å²) in [6.45, 7) is 0.811. The predicted molar refractivity (Wildman–Crippen MR) is 103 cm³/mol. The molecule has 0 spiro atoms. The lowest BCUT2D eigenvalue weighted by Gasteiger charge is -2.17. The highest BCUT2D eigenvalue weighted by atomic mass is 32.2. The highest BCUT2D eigenvalue weighted by Gasteiger charge is 2.17. The van der Waals surface area contributed by atoms with Gasteiger partial charge in [0.05, 0.1) is 5.69 Å². The summed E-state index contributed by atoms with van der Waals surface area (Å²) in [5.41, 5.74) is 5.01. The molecule has 25 heavy (non-hydrogen) atoms. The quantitative estimate of drug-likeness (QED) is 0.605. The number of hydrazine groups is 1. The van der Waals surface area contributed by atoms with Crippen LogP contribution in [-0.4, -0.2) is 23.3 Å². The van der Waals surface area contributed by atoms with Crippen molar-refractivity contribution in [3.63, 3.8) is 0 Å². The largest absolute Gasteiger partial charge is 0.331 e. The third-order valence-electron chi connectivity index (χ3n) is 3.47. The number of thiocarbonyl (C=S) groups is 1. The van der Waals surface area contributed by atoms with Gasteiger partial charge in [-0.15, -0.1) is 0 Å². The molecule has 3 rings (SSSR count). The van der Waals surface area contributed by atoms with Gasteiger partial charge in [-0.1, -0.05) is 30.0 Å². The molecule has 4 nitrogen and oxygen atoms in total. The van der Waals surface area contributed by atoms with Crippen LogP contribution >= 0.6 is 24.0 Å². The fourth-order valence-electron chi connectivity index (χ4n) is 2.36. The van der Waals surface area contributed by atoms with Gasteiger partial charge in [-0.05, 0) is 48.6 Å². The molecular formula is C17H16F2N4S2. The summed E-state index contributed by atoms with van der Waals surface area (Å²) in [7, 11) is 0. The highest BCUT2D eigenvalue weighted by Crippen LogP contribution is 2.26. The van der Waals surface area contributed by atoms with E-state index in [1.165, 1.54) is 0 Å². The van der Waals surface area contributed by atoms with Crippen molar-refractivity contribution < 1.29 is 8.78 Å². The Morgan fingerprint density at radius 1 is 1.16 bits per heavy atom. The fourth-order valence-corrected chi connectivity index (χ4v) is 3.09. The number of alkyl halides is 2. The number of anilines is 2. The summed E-state index contributed by atoms with van der Waals surface area (Å²) in [4.78, 5) is 4.88. The number of nitrogens with zero attached hydrogens (tertiary/aromatic N) is 2. The van der Waals surface area contributed by atoms with Crippen LogP contribution < -0.4 is 15.8 Å². The minimum Gasteiger partial charge on any atom is -0.331 e. The molecule has 0 unspecified atom stereocenters. The first-order chi connectivity index (χ1) is 12.1. The number of amidine groups is 1. The van der Waals surface area contributed by atoms with Crippen LogP contribution in [0.4, 0.5) is 20.2 Å². The number of benzene rings is 2. The number of hydrogen-bond donors (Lipinski definition) is 2. The number of aliphatic imine (C=N–C) groups is 1. The van der Waals surface area contributed by atoms with Crippen LogP contribution in [-0.2, 0) is 0 Å². The van der Waals surface area contributed by atoms with Gasteiger partial charge in [0.25, 0.3) is 5.76 Å². The van der Waals surface area contributed by atoms with E-state index in [0.29, 0.717) is 27.5 Å². The average molecular weight is 378 g/mol. The normalized spacial score (nSPS) is 15.5. The van der Waals surface area contributed by atoms with Crippen LogP contribution in [0.15, 0.2) is 64.5 Å². The second-order valence-corrected chi connectivity index (χ2v) is 6.69. The van der Waals surface area contributed by atoms with E-state index in [2.05, 4.69) is 15.7 Å². The fraction of sp³-hybridized carbons (Fsp3) is 0.176. The molecule has 0 saturated carbocycles. The van der Waals surface area contributed by atoms with Crippen molar-refractivity contribution >= 4 is 46.3 Å². The van der Waals surface area contributed by atoms with Gasteiger partial charge in [0.1, 0.15) is 5.84 Å². The summed E-state index contributed by atoms with van der Waals surface area (Å²) < 4.78 is 24.6. The molecule has 2 N–H and O–H groups in total. The Morgan fingerprint density at radius 3 is 2.56 bits per heavy atom. The van der Waals surface area contributed by atoms with E-state index in [1.807, 2.05) is 35.3 Å². The summed E-state index contributed by atoms with van der Waals surface area (Å²) in [6.07, 6.45) is 0.765. The van der Waals surface area contributed by atoms with Gasteiger partial charge < -0.3 is 5.32 Å². The SMILES string of the molecule is FC(F)Sc1ccc(NC(=S)/N=C2\CCN(c3ccccc3)N2)cc1. The second kappa shape index (κ2) is 8.26. The minimum atomic E-state index is -2.42. The summed E-state index contributed by atoms with van der Waals surface area (Å²) >= 11 is 5.76. The number of thioether (sulfide) groups is 1. The van der Waals surface area contributed by atoms with E-state index < -0.39 is 5.76 Å². The first kappa shape index (κ1) is 17.6. The Bertz CT molecular complexity index is 751. The zero-order valence-corrected chi connectivity index (χ0v) is 14.8. The summed E-state index contributed by atoms with van der Waals surface area (Å²) in [5, 5.41) is 5.33. The Labute approximate surface area is 154 Å². The van der Waals surface area contributed by atoms with E-state index in [-0.39, 0.29) is 0 Å². The first-order valence-electron chi connectivity index (χ1n) is 7.63. The molecule has 1 aliphatic heterocycles. The van der Waals surface area contributed by atoms with Crippen LogP contribution in [0.2, 0.25) is 0 Å². The lowest BCUT2D eigenvalue weighted by atomic mass is 10.3. The van der Waals surface area contributed by atoms with Gasteiger partial charge >= 0.3 is 0 Å². The molecule has 0 aromatic heterocycles. The zero-order chi connectivity index (χ0) is 17.6. The number of nitrogens with one attached hydrogen (secondary N) is 2. The second-order valence-electron chi connectivity index (χ2n) is 5.24. The topological polar surface area (TPSA) is 39.7 Å². The standard InChI is InChI=1S/C17H16F2N4S2/c18-16(19)25-14-8-6-12(7-9-14)20-17(24)21-15-10-11-23(22-15)13-4-2-1-3-5-13/h1-9,16H,10-11H2,(H2,20,21,22,24). The van der Waals surface area contributed by atoms with Gasteiger partial charge in [0, 0.05) is 23.5 Å². The number of hydrogen-bond acceptors (Lipinski definition) is 3. The third kappa shape index (κ3) is 5.14. The number of halogens is 2. The smallest absolute Gasteiger partial charge is 0.288 e. The number of rotatable bonds is 4. The van der Waals surface area contributed by atoms with Crippen molar-refractivity contribution in [1.29, 1.82) is 0 Å². The van der Waals surface area contributed by atoms with Crippen molar-refractivity contribution in [2.45, 2.75) is 17.1 Å². The molecule has 2 aromatic rings. The molecule has 0 bridgehead atoms. The minimum absolute atomic E-state index is 0.326. The van der Waals surface area contributed by atoms with E-state index in [1.54, 1.807) is 24.3 Å². The van der Waals surface area contributed by atoms with Crippen LogP contribution in [0.1, 0.15) is 6.42 Å². The van der Waals surface area contributed by atoms with Crippen LogP contribution in [0, 0.1) is 0 Å². The molecule has 130 valence electrons. The summed E-state index contributed by atoms with van der Waals surface area (Å²) in [5.74, 6) is -1.64. The van der Waals surface area contributed by atoms with Crippen molar-refractivity contribution in [3.8, 4) is 0 Å². The van der Waals surface area contributed by atoms with Gasteiger partial charge in [-0.25, -0.2) is 4.99 Å².